The number of nitrogens with two attached hydrogens (primary N) is 1. The Bertz CT molecular complexity index is 105. The van der Waals surface area contributed by atoms with Gasteiger partial charge in [-0.15, -0.1) is 0 Å². The fraction of sp³-hybridized carbons (Fsp3) is 0.800. The van der Waals surface area contributed by atoms with Gasteiger partial charge in [0.15, 0.2) is 0 Å². The van der Waals surface area contributed by atoms with E-state index in [0.29, 0.717) is 0 Å². The van der Waals surface area contributed by atoms with E-state index in [1.165, 1.54) is 0 Å². The van der Waals surface area contributed by atoms with Crippen LogP contribution < -0.4 is 11.1 Å². The number of carboxylic acid groups (broad SMARTS) is 1. The van der Waals surface area contributed by atoms with Crippen LogP contribution in [0, 0.1) is 0 Å². The molecule has 9 heavy (non-hydrogen) atoms. The monoisotopic (exact) mass is 132 g/mol. The van der Waals surface area contributed by atoms with E-state index in [4.69, 9.17) is 10.8 Å². The van der Waals surface area contributed by atoms with Crippen LogP contribution in [-0.2, 0) is 4.79 Å². The van der Waals surface area contributed by atoms with Gasteiger partial charge in [0.05, 0.1) is 0 Å². The number of nitrogens with one attached hydrogen (secondary N) is 1. The Balaban J connectivity index is 3.72. The standard InChI is InChI=1S/C5H12N2O2/c1-3(7-2)4(6)5(8)9/h3-4,7H,6H2,1-2H3,(H,8,9)/t3-,4+/m1/s1. The maximum atomic E-state index is 10.1. The quantitative estimate of drug-likeness (QED) is 0.460. The molecule has 0 aliphatic rings. The molecule has 0 radical (unpaired) electrons. The lowest BCUT2D eigenvalue weighted by Gasteiger charge is -2.13. The smallest absolute Gasteiger partial charge is 0.322 e. The number of rotatable bonds is 3. The van der Waals surface area contributed by atoms with Crippen molar-refractivity contribution in [1.82, 2.24) is 5.32 Å². The van der Waals surface area contributed by atoms with Crippen molar-refractivity contribution in [3.8, 4) is 0 Å². The summed E-state index contributed by atoms with van der Waals surface area (Å²) in [5.74, 6) is -0.975. The van der Waals surface area contributed by atoms with Gasteiger partial charge >= 0.3 is 5.97 Å². The summed E-state index contributed by atoms with van der Waals surface area (Å²) < 4.78 is 0. The Hall–Kier alpha value is -0.610. The summed E-state index contributed by atoms with van der Waals surface area (Å²) in [5.41, 5.74) is 5.21. The SMILES string of the molecule is CN[C@H](C)[C@H](N)C(=O)O. The molecule has 0 saturated heterocycles. The number of hydrogen-bond acceptors (Lipinski definition) is 3. The van der Waals surface area contributed by atoms with Gasteiger partial charge in [-0.3, -0.25) is 4.79 Å². The van der Waals surface area contributed by atoms with Crippen molar-refractivity contribution < 1.29 is 9.90 Å². The first-order valence-corrected chi connectivity index (χ1v) is 2.75. The summed E-state index contributed by atoms with van der Waals surface area (Å²) in [6.45, 7) is 1.72. The second-order valence-corrected chi connectivity index (χ2v) is 1.94. The summed E-state index contributed by atoms with van der Waals surface area (Å²) in [6, 6.07) is -0.988. The molecule has 0 aromatic rings. The number of carbonyl (C=O) groups is 1. The molecular weight excluding hydrogens is 120 g/mol. The molecule has 0 bridgehead atoms. The van der Waals surface area contributed by atoms with Crippen molar-refractivity contribution in [2.24, 2.45) is 5.73 Å². The first-order valence-electron chi connectivity index (χ1n) is 2.75. The number of likely N-dealkylation sites (N-methyl/N-ethyl adjacent to an activating group) is 1. The number of hydrogen-bond donors (Lipinski definition) is 3. The van der Waals surface area contributed by atoms with Gasteiger partial charge in [0, 0.05) is 6.04 Å². The highest BCUT2D eigenvalue weighted by Gasteiger charge is 2.17. The molecule has 0 unspecified atom stereocenters. The first kappa shape index (κ1) is 8.39. The fourth-order valence-electron chi connectivity index (χ4n) is 0.393. The third-order valence-electron chi connectivity index (χ3n) is 1.28. The molecule has 0 aromatic heterocycles. The van der Waals surface area contributed by atoms with Gasteiger partial charge in [-0.2, -0.15) is 0 Å². The normalized spacial score (nSPS) is 16.8. The highest BCUT2D eigenvalue weighted by molar-refractivity contribution is 5.73. The Kier molecular flexibility index (Phi) is 3.19. The fourth-order valence-corrected chi connectivity index (χ4v) is 0.393. The summed E-state index contributed by atoms with van der Waals surface area (Å²) in [4.78, 5) is 10.1. The van der Waals surface area contributed by atoms with Gasteiger partial charge in [0.2, 0.25) is 0 Å². The summed E-state index contributed by atoms with van der Waals surface area (Å²) >= 11 is 0. The zero-order valence-corrected chi connectivity index (χ0v) is 5.59. The van der Waals surface area contributed by atoms with E-state index in [1.807, 2.05) is 0 Å². The highest BCUT2D eigenvalue weighted by Crippen LogP contribution is 1.86. The van der Waals surface area contributed by atoms with Crippen LogP contribution in [0.2, 0.25) is 0 Å². The molecule has 4 heteroatoms. The lowest BCUT2D eigenvalue weighted by molar-refractivity contribution is -0.139. The molecule has 0 fully saturated rings. The molecule has 54 valence electrons. The van der Waals surface area contributed by atoms with Gasteiger partial charge in [-0.05, 0) is 14.0 Å². The van der Waals surface area contributed by atoms with Crippen molar-refractivity contribution in [2.45, 2.75) is 19.0 Å². The van der Waals surface area contributed by atoms with Crippen LogP contribution in [0.3, 0.4) is 0 Å². The van der Waals surface area contributed by atoms with Gasteiger partial charge in [0.25, 0.3) is 0 Å². The zero-order chi connectivity index (χ0) is 7.44. The molecule has 2 atom stereocenters. The second-order valence-electron chi connectivity index (χ2n) is 1.94. The van der Waals surface area contributed by atoms with E-state index >= 15 is 0 Å². The van der Waals surface area contributed by atoms with Gasteiger partial charge in [-0.1, -0.05) is 0 Å². The lowest BCUT2D eigenvalue weighted by atomic mass is 10.2. The zero-order valence-electron chi connectivity index (χ0n) is 5.59. The minimum atomic E-state index is -0.975. The maximum Gasteiger partial charge on any atom is 0.322 e. The molecule has 0 amide bonds. The van der Waals surface area contributed by atoms with Gasteiger partial charge < -0.3 is 16.2 Å². The van der Waals surface area contributed by atoms with Crippen molar-refractivity contribution in [1.29, 1.82) is 0 Å². The van der Waals surface area contributed by atoms with E-state index in [0.717, 1.165) is 0 Å². The Morgan fingerprint density at radius 2 is 2.22 bits per heavy atom. The van der Waals surface area contributed by atoms with E-state index in [-0.39, 0.29) is 6.04 Å². The number of carboxylic acids is 1. The van der Waals surface area contributed by atoms with Crippen LogP contribution in [0.1, 0.15) is 6.92 Å². The molecule has 0 rings (SSSR count). The van der Waals surface area contributed by atoms with Crippen molar-refractivity contribution in [2.75, 3.05) is 7.05 Å². The second kappa shape index (κ2) is 3.42. The van der Waals surface area contributed by atoms with Crippen LogP contribution in [-0.4, -0.2) is 30.2 Å². The molecule has 0 saturated carbocycles. The predicted molar refractivity (Wildman–Crippen MR) is 34.1 cm³/mol. The molecule has 0 aliphatic heterocycles. The van der Waals surface area contributed by atoms with Crippen LogP contribution in [0.25, 0.3) is 0 Å². The number of aliphatic carboxylic acids is 1. The minimum Gasteiger partial charge on any atom is -0.480 e. The maximum absolute atomic E-state index is 10.1. The molecule has 0 spiro atoms. The van der Waals surface area contributed by atoms with Crippen molar-refractivity contribution >= 4 is 5.97 Å². The Labute approximate surface area is 54.0 Å². The van der Waals surface area contributed by atoms with Crippen molar-refractivity contribution in [3.63, 3.8) is 0 Å². The average molecular weight is 132 g/mol. The molecule has 4 N–H and O–H groups in total. The van der Waals surface area contributed by atoms with E-state index < -0.39 is 12.0 Å². The molecule has 0 aliphatic carbocycles. The summed E-state index contributed by atoms with van der Waals surface area (Å²) in [7, 11) is 1.67. The van der Waals surface area contributed by atoms with E-state index in [1.54, 1.807) is 14.0 Å². The summed E-state index contributed by atoms with van der Waals surface area (Å²) in [6.07, 6.45) is 0. The molecule has 4 nitrogen and oxygen atoms in total. The molecule has 0 heterocycles. The van der Waals surface area contributed by atoms with E-state index in [9.17, 15) is 4.79 Å². The van der Waals surface area contributed by atoms with E-state index in [2.05, 4.69) is 5.32 Å². The van der Waals surface area contributed by atoms with Gasteiger partial charge in [0.1, 0.15) is 6.04 Å². The largest absolute Gasteiger partial charge is 0.480 e. The minimum absolute atomic E-state index is 0.178. The highest BCUT2D eigenvalue weighted by atomic mass is 16.4. The van der Waals surface area contributed by atoms with Crippen LogP contribution in [0.4, 0.5) is 0 Å². The topological polar surface area (TPSA) is 75.3 Å². The lowest BCUT2D eigenvalue weighted by Crippen LogP contribution is -2.46. The van der Waals surface area contributed by atoms with Crippen molar-refractivity contribution in [3.05, 3.63) is 0 Å². The average Bonchev–Trinajstić information content (AvgIpc) is 1.84. The third-order valence-corrected chi connectivity index (χ3v) is 1.28. The van der Waals surface area contributed by atoms with Gasteiger partial charge in [-0.25, -0.2) is 0 Å². The van der Waals surface area contributed by atoms with Crippen LogP contribution >= 0.6 is 0 Å². The summed E-state index contributed by atoms with van der Waals surface area (Å²) in [5, 5.41) is 11.1. The molecule has 0 aromatic carbocycles. The Morgan fingerprint density at radius 3 is 2.33 bits per heavy atom. The van der Waals surface area contributed by atoms with Crippen LogP contribution in [0.15, 0.2) is 0 Å². The van der Waals surface area contributed by atoms with Crippen LogP contribution in [0.5, 0.6) is 0 Å². The predicted octanol–water partition coefficient (Wildman–Crippen LogP) is -0.994. The molecular formula is C5H12N2O2. The third kappa shape index (κ3) is 2.43. The Morgan fingerprint density at radius 1 is 1.78 bits per heavy atom. The first-order chi connectivity index (χ1) is 4.09.